The monoisotopic (exact) mass is 388 g/mol. The number of aromatic nitrogens is 4. The van der Waals surface area contributed by atoms with Crippen LogP contribution in [0.25, 0.3) is 16.6 Å². The molecule has 0 amide bonds. The van der Waals surface area contributed by atoms with Crippen LogP contribution in [0.5, 0.6) is 0 Å². The summed E-state index contributed by atoms with van der Waals surface area (Å²) in [6.07, 6.45) is 0. The number of aromatic amines is 1. The summed E-state index contributed by atoms with van der Waals surface area (Å²) in [4.78, 5) is 15.1. The third-order valence-corrected chi connectivity index (χ3v) is 6.33. The van der Waals surface area contributed by atoms with Gasteiger partial charge < -0.3 is 4.98 Å². The predicted octanol–water partition coefficient (Wildman–Crippen LogP) is 2.67. The van der Waals surface area contributed by atoms with Crippen molar-refractivity contribution in [1.82, 2.24) is 19.8 Å². The Bertz CT molecular complexity index is 1360. The van der Waals surface area contributed by atoms with Gasteiger partial charge in [0.1, 0.15) is 0 Å². The number of benzene rings is 2. The molecule has 7 nitrogen and oxygen atoms in total. The predicted molar refractivity (Wildman–Crippen MR) is 97.5 cm³/mol. The zero-order chi connectivity index (χ0) is 18.6. The Labute approximate surface area is 153 Å². The van der Waals surface area contributed by atoms with Crippen LogP contribution in [0.1, 0.15) is 11.1 Å². The number of hydrogen-bond donors (Lipinski definition) is 1. The van der Waals surface area contributed by atoms with Gasteiger partial charge in [-0.15, -0.1) is 5.10 Å². The Kier molecular flexibility index (Phi) is 3.64. The first-order valence-corrected chi connectivity index (χ1v) is 9.55. The van der Waals surface area contributed by atoms with Crippen LogP contribution in [0.4, 0.5) is 0 Å². The average Bonchev–Trinajstić information content (AvgIpc) is 2.99. The number of rotatable bonds is 2. The molecular weight excluding hydrogens is 376 g/mol. The summed E-state index contributed by atoms with van der Waals surface area (Å²) >= 11 is 6.09. The van der Waals surface area contributed by atoms with E-state index in [0.29, 0.717) is 11.1 Å². The minimum absolute atomic E-state index is 0.00439. The fourth-order valence-corrected chi connectivity index (χ4v) is 4.74. The van der Waals surface area contributed by atoms with Gasteiger partial charge in [-0.1, -0.05) is 40.6 Å². The Morgan fingerprint density at radius 2 is 1.92 bits per heavy atom. The molecule has 0 spiro atoms. The van der Waals surface area contributed by atoms with E-state index in [1.807, 2.05) is 6.92 Å². The topological polar surface area (TPSA) is 97.2 Å². The highest BCUT2D eigenvalue weighted by molar-refractivity contribution is 7.91. The molecule has 0 saturated carbocycles. The number of sulfone groups is 1. The Hall–Kier alpha value is -2.71. The van der Waals surface area contributed by atoms with E-state index in [1.165, 1.54) is 10.6 Å². The number of nitrogens with one attached hydrogen (secondary N) is 1. The minimum atomic E-state index is -3.96. The number of aryl methyl sites for hydroxylation is 2. The number of halogens is 1. The molecule has 2 aromatic carbocycles. The van der Waals surface area contributed by atoms with E-state index in [4.69, 9.17) is 11.6 Å². The van der Waals surface area contributed by atoms with Crippen LogP contribution in [-0.4, -0.2) is 28.2 Å². The van der Waals surface area contributed by atoms with Crippen molar-refractivity contribution in [1.29, 1.82) is 0 Å². The van der Waals surface area contributed by atoms with E-state index in [1.54, 1.807) is 37.3 Å². The lowest BCUT2D eigenvalue weighted by molar-refractivity contribution is 0.592. The third kappa shape index (κ3) is 2.33. The van der Waals surface area contributed by atoms with E-state index < -0.39 is 15.4 Å². The Morgan fingerprint density at radius 1 is 1.15 bits per heavy atom. The molecule has 26 heavy (non-hydrogen) atoms. The molecule has 2 aromatic heterocycles. The number of nitrogens with zero attached hydrogens (tertiary/aromatic N) is 3. The van der Waals surface area contributed by atoms with Gasteiger partial charge in [0.15, 0.2) is 5.65 Å². The maximum Gasteiger partial charge on any atom is 0.260 e. The van der Waals surface area contributed by atoms with Crippen molar-refractivity contribution in [3.63, 3.8) is 0 Å². The highest BCUT2D eigenvalue weighted by atomic mass is 35.5. The lowest BCUT2D eigenvalue weighted by atomic mass is 10.2. The van der Waals surface area contributed by atoms with Gasteiger partial charge in [0, 0.05) is 0 Å². The van der Waals surface area contributed by atoms with Crippen molar-refractivity contribution in [3.8, 4) is 0 Å². The lowest BCUT2D eigenvalue weighted by Gasteiger charge is -2.07. The second-order valence-corrected chi connectivity index (χ2v) is 8.26. The molecule has 0 atom stereocenters. The molecule has 2 heterocycles. The lowest BCUT2D eigenvalue weighted by Crippen LogP contribution is -2.13. The summed E-state index contributed by atoms with van der Waals surface area (Å²) < 4.78 is 27.5. The third-order valence-electron chi connectivity index (χ3n) is 4.19. The molecule has 0 aliphatic carbocycles. The number of fused-ring (bicyclic) bond motifs is 3. The SMILES string of the molecule is Cc1ccc(S(=O)(=O)c2nnn3c2[nH]c(=O)c2c(Cl)cccc23)c(C)c1. The van der Waals surface area contributed by atoms with Gasteiger partial charge in [0.2, 0.25) is 14.9 Å². The van der Waals surface area contributed by atoms with E-state index in [-0.39, 0.29) is 26.0 Å². The highest BCUT2D eigenvalue weighted by Crippen LogP contribution is 2.27. The first-order chi connectivity index (χ1) is 12.3. The molecule has 0 bridgehead atoms. The Morgan fingerprint density at radius 3 is 2.65 bits per heavy atom. The fraction of sp³-hybridized carbons (Fsp3) is 0.118. The highest BCUT2D eigenvalue weighted by Gasteiger charge is 2.27. The smallest absolute Gasteiger partial charge is 0.260 e. The quantitative estimate of drug-likeness (QED) is 0.569. The molecule has 0 aliphatic heterocycles. The first-order valence-electron chi connectivity index (χ1n) is 7.69. The van der Waals surface area contributed by atoms with Crippen LogP contribution in [0.15, 0.2) is 51.1 Å². The van der Waals surface area contributed by atoms with Crippen molar-refractivity contribution in [2.75, 3.05) is 0 Å². The number of hydrogen-bond acceptors (Lipinski definition) is 5. The van der Waals surface area contributed by atoms with Crippen LogP contribution in [0, 0.1) is 13.8 Å². The molecule has 132 valence electrons. The maximum absolute atomic E-state index is 13.1. The van der Waals surface area contributed by atoms with Crippen LogP contribution in [-0.2, 0) is 9.84 Å². The van der Waals surface area contributed by atoms with Crippen LogP contribution < -0.4 is 5.56 Å². The summed E-state index contributed by atoms with van der Waals surface area (Å²) in [5.41, 5.74) is 1.42. The largest absolute Gasteiger partial charge is 0.304 e. The van der Waals surface area contributed by atoms with Gasteiger partial charge in [-0.2, -0.15) is 4.52 Å². The van der Waals surface area contributed by atoms with Gasteiger partial charge >= 0.3 is 0 Å². The number of H-pyrrole nitrogens is 1. The van der Waals surface area contributed by atoms with Crippen molar-refractivity contribution < 1.29 is 8.42 Å². The van der Waals surface area contributed by atoms with E-state index in [2.05, 4.69) is 15.3 Å². The normalized spacial score (nSPS) is 12.1. The zero-order valence-electron chi connectivity index (χ0n) is 13.8. The second-order valence-electron chi connectivity index (χ2n) is 6.02. The van der Waals surface area contributed by atoms with E-state index in [0.717, 1.165) is 5.56 Å². The molecule has 4 aromatic rings. The molecule has 1 N–H and O–H groups in total. The van der Waals surface area contributed by atoms with Gasteiger partial charge in [0.05, 0.1) is 20.8 Å². The summed E-state index contributed by atoms with van der Waals surface area (Å²) in [5.74, 6) is 0. The van der Waals surface area contributed by atoms with Crippen LogP contribution >= 0.6 is 11.6 Å². The zero-order valence-corrected chi connectivity index (χ0v) is 15.4. The van der Waals surface area contributed by atoms with Crippen molar-refractivity contribution >= 4 is 38.0 Å². The molecule has 0 unspecified atom stereocenters. The molecule has 0 aliphatic rings. The minimum Gasteiger partial charge on any atom is -0.304 e. The maximum atomic E-state index is 13.1. The van der Waals surface area contributed by atoms with Crippen molar-refractivity contribution in [2.45, 2.75) is 23.8 Å². The first kappa shape index (κ1) is 16.7. The van der Waals surface area contributed by atoms with Crippen LogP contribution in [0.3, 0.4) is 0 Å². The molecule has 9 heteroatoms. The van der Waals surface area contributed by atoms with Gasteiger partial charge in [-0.25, -0.2) is 8.42 Å². The van der Waals surface area contributed by atoms with Crippen molar-refractivity contribution in [3.05, 3.63) is 62.9 Å². The van der Waals surface area contributed by atoms with Crippen molar-refractivity contribution in [2.24, 2.45) is 0 Å². The molecule has 4 rings (SSSR count). The average molecular weight is 389 g/mol. The fourth-order valence-electron chi connectivity index (χ4n) is 3.01. The van der Waals surface area contributed by atoms with E-state index in [9.17, 15) is 13.2 Å². The van der Waals surface area contributed by atoms with Gasteiger partial charge in [-0.3, -0.25) is 4.79 Å². The summed E-state index contributed by atoms with van der Waals surface area (Å²) in [5, 5.41) is 7.94. The van der Waals surface area contributed by atoms with Gasteiger partial charge in [0.25, 0.3) is 5.56 Å². The van der Waals surface area contributed by atoms with Gasteiger partial charge in [-0.05, 0) is 37.6 Å². The molecule has 0 saturated heterocycles. The summed E-state index contributed by atoms with van der Waals surface area (Å²) in [6.45, 7) is 3.59. The Balaban J connectivity index is 2.07. The molecular formula is C17H13ClN4O3S. The second kappa shape index (κ2) is 5.65. The molecule has 0 fully saturated rings. The summed E-state index contributed by atoms with van der Waals surface area (Å²) in [7, 11) is -3.96. The summed E-state index contributed by atoms with van der Waals surface area (Å²) in [6, 6.07) is 9.88. The molecule has 0 radical (unpaired) electrons. The van der Waals surface area contributed by atoms with Crippen LogP contribution in [0.2, 0.25) is 5.02 Å². The van der Waals surface area contributed by atoms with E-state index >= 15 is 0 Å². The standard InChI is InChI=1S/C17H13ClN4O3S/c1-9-6-7-13(10(2)8-9)26(24,25)17-15-19-16(23)14-11(18)4-3-5-12(14)22(15)21-20-17/h3-8H,1-2H3,(H,19,23).